The SMILES string of the molecule is [2H]C(C)(C)c1cc(-c2[c-]cccc2)nc[c]1[Ge]([CH3])([CH3])[CH3].[2H]C([2H])([2H])c1ccc2c(n1)sc1c(-c3cc(C(C)(C)C)c(F)cn3)[c-]ccc12.[Ir]. The van der Waals surface area contributed by atoms with E-state index in [1.54, 1.807) is 18.2 Å². The summed E-state index contributed by atoms with van der Waals surface area (Å²) in [4.78, 5) is 13.9. The Morgan fingerprint density at radius 2 is 1.69 bits per heavy atom. The zero-order chi connectivity index (χ0) is 35.2. The molecule has 2 aromatic carbocycles. The first kappa shape index (κ1) is 29.6. The maximum absolute atomic E-state index is 14.3. The quantitative estimate of drug-likeness (QED) is 0.131. The van der Waals surface area contributed by atoms with Crippen LogP contribution in [-0.2, 0) is 25.5 Å². The minimum Gasteiger partial charge on any atom is -0.302 e. The van der Waals surface area contributed by atoms with Gasteiger partial charge in [0, 0.05) is 29.9 Å². The molecule has 0 atom stereocenters. The second-order valence-electron chi connectivity index (χ2n) is 13.2. The molecule has 0 saturated heterocycles. The molecule has 7 heteroatoms. The van der Waals surface area contributed by atoms with Gasteiger partial charge in [0.25, 0.3) is 0 Å². The van der Waals surface area contributed by atoms with Gasteiger partial charge in [0.1, 0.15) is 10.6 Å². The second kappa shape index (κ2) is 13.9. The molecule has 3 nitrogen and oxygen atoms in total. The monoisotopic (exact) mass is 860 g/mol. The van der Waals surface area contributed by atoms with Gasteiger partial charge in [-0.25, -0.2) is 9.37 Å². The predicted molar refractivity (Wildman–Crippen MR) is 188 cm³/mol. The summed E-state index contributed by atoms with van der Waals surface area (Å²) in [5, 5.41) is 1.85. The standard InChI is InChI=1S/C21H18FN2S.C17H22GeN.Ir/c1-12-8-9-14-13-6-5-7-15(19(13)25-20(14)24-12)18-10-16(21(2,3)4)17(22)11-23-18;1-13(2)15-11-17(14-9-7-6-8-10-14)19-12-16(15)18(3,4)5;/h5-6,8-11H,1-4H3;6-9,11-13H,1-5H3;/q2*-1;/i1D3;13D;. The molecule has 0 saturated carbocycles. The van der Waals surface area contributed by atoms with E-state index in [4.69, 9.17) is 5.48 Å². The molecule has 4 aromatic heterocycles. The van der Waals surface area contributed by atoms with Crippen molar-refractivity contribution in [3.05, 3.63) is 108 Å². The second-order valence-corrected chi connectivity index (χ2v) is 24.8. The smallest absolute Gasteiger partial charge is 0.143 e. The molecule has 0 aliphatic rings. The molecule has 0 aliphatic carbocycles. The number of pyridine rings is 3. The zero-order valence-electron chi connectivity index (χ0n) is 30.9. The molecule has 0 unspecified atom stereocenters. The van der Waals surface area contributed by atoms with Crippen LogP contribution in [0.5, 0.6) is 0 Å². The Bertz CT molecular complexity index is 2100. The summed E-state index contributed by atoms with van der Waals surface area (Å²) >= 11 is -0.621. The van der Waals surface area contributed by atoms with Crippen LogP contribution in [-0.4, -0.2) is 28.2 Å². The van der Waals surface area contributed by atoms with Crippen LogP contribution in [0.3, 0.4) is 0 Å². The van der Waals surface area contributed by atoms with E-state index in [0.717, 1.165) is 37.9 Å². The summed E-state index contributed by atoms with van der Waals surface area (Å²) in [6.07, 6.45) is 3.25. The Labute approximate surface area is 293 Å². The van der Waals surface area contributed by atoms with Gasteiger partial charge >= 0.3 is 120 Å². The Morgan fingerprint density at radius 1 is 0.933 bits per heavy atom. The molecule has 0 aliphatic heterocycles. The van der Waals surface area contributed by atoms with E-state index in [-0.39, 0.29) is 37.0 Å². The van der Waals surface area contributed by atoms with Crippen LogP contribution in [0.2, 0.25) is 17.3 Å². The number of aromatic nitrogens is 3. The number of aryl methyl sites for hydroxylation is 1. The first-order valence-corrected chi connectivity index (χ1v) is 22.8. The van der Waals surface area contributed by atoms with Gasteiger partial charge in [-0.05, 0) is 39.7 Å². The summed E-state index contributed by atoms with van der Waals surface area (Å²) < 4.78 is 47.7. The first-order chi connectivity index (χ1) is 22.2. The first-order valence-electron chi connectivity index (χ1n) is 16.6. The van der Waals surface area contributed by atoms with Crippen molar-refractivity contribution in [3.8, 4) is 22.5 Å². The van der Waals surface area contributed by atoms with Crippen molar-refractivity contribution in [2.24, 2.45) is 0 Å². The molecule has 0 amide bonds. The maximum Gasteiger partial charge on any atom is 0.143 e. The van der Waals surface area contributed by atoms with Crippen LogP contribution in [0.1, 0.15) is 62.8 Å². The summed E-state index contributed by atoms with van der Waals surface area (Å²) in [6.45, 7) is 7.54. The molecule has 4 heterocycles. The molecule has 0 bridgehead atoms. The van der Waals surface area contributed by atoms with Gasteiger partial charge in [-0.15, -0.1) is 23.8 Å². The molecule has 0 spiro atoms. The molecule has 235 valence electrons. The van der Waals surface area contributed by atoms with Crippen molar-refractivity contribution in [3.63, 3.8) is 0 Å². The number of halogens is 1. The summed E-state index contributed by atoms with van der Waals surface area (Å²) in [5.41, 5.74) is 4.74. The van der Waals surface area contributed by atoms with Crippen LogP contribution < -0.4 is 4.40 Å². The number of hydrogen-bond acceptors (Lipinski definition) is 4. The van der Waals surface area contributed by atoms with Gasteiger partial charge < -0.3 is 4.98 Å². The van der Waals surface area contributed by atoms with Crippen molar-refractivity contribution in [1.29, 1.82) is 0 Å². The number of nitrogens with zero attached hydrogens (tertiary/aromatic N) is 3. The zero-order valence-corrected chi connectivity index (χ0v) is 32.2. The van der Waals surface area contributed by atoms with Gasteiger partial charge in [0.05, 0.1) is 6.20 Å². The van der Waals surface area contributed by atoms with Crippen molar-refractivity contribution in [2.75, 3.05) is 0 Å². The van der Waals surface area contributed by atoms with Gasteiger partial charge in [-0.2, -0.15) is 11.3 Å². The largest absolute Gasteiger partial charge is 0.302 e. The van der Waals surface area contributed by atoms with Crippen LogP contribution >= 0.6 is 11.3 Å². The van der Waals surface area contributed by atoms with Crippen LogP contribution in [0.25, 0.3) is 42.8 Å². The summed E-state index contributed by atoms with van der Waals surface area (Å²) in [6, 6.07) is 25.2. The summed E-state index contributed by atoms with van der Waals surface area (Å²) in [5.74, 6) is 6.12. The number of hydrogen-bond donors (Lipinski definition) is 0. The average Bonchev–Trinajstić information content (AvgIpc) is 3.38. The van der Waals surface area contributed by atoms with Gasteiger partial charge in [-0.3, -0.25) is 0 Å². The van der Waals surface area contributed by atoms with Crippen molar-refractivity contribution < 1.29 is 30.0 Å². The van der Waals surface area contributed by atoms with E-state index in [9.17, 15) is 4.39 Å². The Morgan fingerprint density at radius 3 is 2.33 bits per heavy atom. The van der Waals surface area contributed by atoms with E-state index in [0.29, 0.717) is 16.1 Å². The van der Waals surface area contributed by atoms with E-state index in [2.05, 4.69) is 50.4 Å². The predicted octanol–water partition coefficient (Wildman–Crippen LogP) is 10.3. The third-order valence-electron chi connectivity index (χ3n) is 7.45. The van der Waals surface area contributed by atoms with Gasteiger partial charge in [0.15, 0.2) is 0 Å². The van der Waals surface area contributed by atoms with E-state index < -0.39 is 26.0 Å². The normalized spacial score (nSPS) is 13.6. The molecule has 6 rings (SSSR count). The molecular weight excluding hydrogens is 814 g/mol. The number of fused-ring (bicyclic) bond motifs is 3. The number of thiophene rings is 1. The van der Waals surface area contributed by atoms with Crippen LogP contribution in [0.15, 0.2) is 73.1 Å². The van der Waals surface area contributed by atoms with E-state index >= 15 is 0 Å². The van der Waals surface area contributed by atoms with Crippen molar-refractivity contribution >= 4 is 49.3 Å². The summed E-state index contributed by atoms with van der Waals surface area (Å²) in [7, 11) is 0. The average molecular weight is 859 g/mol. The van der Waals surface area contributed by atoms with Crippen molar-refractivity contribution in [1.82, 2.24) is 15.0 Å². The Hall–Kier alpha value is -2.77. The van der Waals surface area contributed by atoms with Crippen LogP contribution in [0, 0.1) is 24.8 Å². The van der Waals surface area contributed by atoms with Crippen LogP contribution in [0.4, 0.5) is 4.39 Å². The number of rotatable bonds is 4. The van der Waals surface area contributed by atoms with E-state index in [1.807, 2.05) is 77.2 Å². The molecule has 0 N–H and O–H groups in total. The van der Waals surface area contributed by atoms with Crippen molar-refractivity contribution in [2.45, 2.75) is 70.0 Å². The Balaban J connectivity index is 0.000000229. The fraction of sp³-hybridized carbons (Fsp3) is 0.289. The van der Waals surface area contributed by atoms with Gasteiger partial charge in [0.2, 0.25) is 0 Å². The Kier molecular flexibility index (Phi) is 9.17. The minimum atomic E-state index is -2.25. The molecular formula is C38H40FGeIrN3S-2. The maximum atomic E-state index is 14.3. The fourth-order valence-electron chi connectivity index (χ4n) is 5.13. The molecule has 45 heavy (non-hydrogen) atoms. The topological polar surface area (TPSA) is 38.7 Å². The molecule has 6 aromatic rings. The third-order valence-corrected chi connectivity index (χ3v) is 12.8. The third kappa shape index (κ3) is 7.79. The molecule has 1 radical (unpaired) electrons. The fourth-order valence-corrected chi connectivity index (χ4v) is 9.63. The number of benzene rings is 2. The van der Waals surface area contributed by atoms with E-state index in [1.165, 1.54) is 21.9 Å². The minimum absolute atomic E-state index is 0. The van der Waals surface area contributed by atoms with Gasteiger partial charge in [-0.1, -0.05) is 38.3 Å². The molecule has 0 fully saturated rings.